The van der Waals surface area contributed by atoms with Crippen molar-refractivity contribution in [2.24, 2.45) is 5.92 Å². The van der Waals surface area contributed by atoms with Gasteiger partial charge in [-0.15, -0.1) is 0 Å². The lowest BCUT2D eigenvalue weighted by Crippen LogP contribution is -2.51. The molecule has 1 saturated heterocycles. The van der Waals surface area contributed by atoms with Gasteiger partial charge in [0.2, 0.25) is 5.91 Å². The van der Waals surface area contributed by atoms with E-state index in [1.54, 1.807) is 12.1 Å². The van der Waals surface area contributed by atoms with Crippen LogP contribution in [0.4, 0.5) is 11.4 Å². The van der Waals surface area contributed by atoms with Crippen LogP contribution in [0.5, 0.6) is 0 Å². The van der Waals surface area contributed by atoms with Crippen LogP contribution >= 0.6 is 0 Å². The van der Waals surface area contributed by atoms with Crippen molar-refractivity contribution in [3.05, 3.63) is 102 Å². The van der Waals surface area contributed by atoms with E-state index in [0.29, 0.717) is 11.3 Å². The van der Waals surface area contributed by atoms with Gasteiger partial charge in [-0.1, -0.05) is 72.8 Å². The number of allylic oxidation sites excluding steroid dienone is 1. The summed E-state index contributed by atoms with van der Waals surface area (Å²) in [5.41, 5.74) is 3.68. The summed E-state index contributed by atoms with van der Waals surface area (Å²) in [6, 6.07) is 23.2. The smallest absolute Gasteiger partial charge is 0.238 e. The Bertz CT molecular complexity index is 1390. The van der Waals surface area contributed by atoms with Gasteiger partial charge >= 0.3 is 0 Å². The van der Waals surface area contributed by atoms with E-state index < -0.39 is 23.4 Å². The molecule has 1 amide bonds. The van der Waals surface area contributed by atoms with Gasteiger partial charge in [0.1, 0.15) is 5.41 Å². The molecule has 3 aromatic rings. The Morgan fingerprint density at radius 1 is 0.912 bits per heavy atom. The van der Waals surface area contributed by atoms with Gasteiger partial charge in [-0.3, -0.25) is 14.4 Å². The molecular formula is C29H24N2O3. The van der Waals surface area contributed by atoms with Crippen molar-refractivity contribution in [2.45, 2.75) is 31.3 Å². The lowest BCUT2D eigenvalue weighted by molar-refractivity contribution is -0.122. The van der Waals surface area contributed by atoms with Crippen LogP contribution in [-0.4, -0.2) is 29.6 Å². The molecule has 1 spiro atoms. The zero-order chi connectivity index (χ0) is 23.6. The molecule has 1 N–H and O–H groups in total. The van der Waals surface area contributed by atoms with Crippen molar-refractivity contribution < 1.29 is 14.4 Å². The van der Waals surface area contributed by atoms with Gasteiger partial charge in [-0.05, 0) is 37.1 Å². The monoisotopic (exact) mass is 448 g/mol. The SMILES string of the molecule is CC(=O)[C@@H]1[C@H](C(=O)c2ccccc2)[C@]2(C(=O)Nc3ccccc32)[C@H]2C=C(C)c3ccccc3N12. The fourth-order valence-electron chi connectivity index (χ4n) is 6.32. The number of anilines is 2. The second-order valence-corrected chi connectivity index (χ2v) is 9.35. The minimum Gasteiger partial charge on any atom is -0.352 e. The van der Waals surface area contributed by atoms with Crippen molar-refractivity contribution in [2.75, 3.05) is 10.2 Å². The second kappa shape index (κ2) is 7.26. The fraction of sp³-hybridized carbons (Fsp3) is 0.207. The first-order chi connectivity index (χ1) is 16.5. The number of fused-ring (bicyclic) bond motifs is 6. The topological polar surface area (TPSA) is 66.5 Å². The molecule has 34 heavy (non-hydrogen) atoms. The average Bonchev–Trinajstić information content (AvgIpc) is 3.32. The summed E-state index contributed by atoms with van der Waals surface area (Å²) >= 11 is 0. The van der Waals surface area contributed by atoms with E-state index in [9.17, 15) is 14.4 Å². The fourth-order valence-corrected chi connectivity index (χ4v) is 6.32. The van der Waals surface area contributed by atoms with E-state index in [2.05, 4.69) is 11.4 Å². The van der Waals surface area contributed by atoms with E-state index in [-0.39, 0.29) is 17.5 Å². The highest BCUT2D eigenvalue weighted by Crippen LogP contribution is 2.58. The minimum atomic E-state index is -1.23. The molecule has 3 aliphatic heterocycles. The van der Waals surface area contributed by atoms with E-state index in [1.807, 2.05) is 78.6 Å². The number of para-hydroxylation sites is 2. The summed E-state index contributed by atoms with van der Waals surface area (Å²) in [5.74, 6) is -1.43. The highest BCUT2D eigenvalue weighted by atomic mass is 16.2. The highest BCUT2D eigenvalue weighted by molar-refractivity contribution is 6.16. The molecule has 4 atom stereocenters. The van der Waals surface area contributed by atoms with Crippen LogP contribution in [0.3, 0.4) is 0 Å². The van der Waals surface area contributed by atoms with Crippen molar-refractivity contribution in [1.29, 1.82) is 0 Å². The van der Waals surface area contributed by atoms with Gasteiger partial charge in [0, 0.05) is 22.5 Å². The van der Waals surface area contributed by atoms with Crippen LogP contribution in [0.1, 0.15) is 35.3 Å². The molecule has 5 heteroatoms. The molecular weight excluding hydrogens is 424 g/mol. The van der Waals surface area contributed by atoms with Gasteiger partial charge in [0.25, 0.3) is 0 Å². The number of ketones is 2. The quantitative estimate of drug-likeness (QED) is 0.593. The average molecular weight is 449 g/mol. The molecule has 0 aromatic heterocycles. The number of hydrogen-bond acceptors (Lipinski definition) is 4. The summed E-state index contributed by atoms with van der Waals surface area (Å²) < 4.78 is 0. The lowest BCUT2D eigenvalue weighted by Gasteiger charge is -2.39. The van der Waals surface area contributed by atoms with Crippen molar-refractivity contribution in [3.8, 4) is 0 Å². The number of Topliss-reactive ketones (excluding diaryl/α,β-unsaturated/α-hetero) is 2. The van der Waals surface area contributed by atoms with Crippen LogP contribution in [0.15, 0.2) is 84.9 Å². The van der Waals surface area contributed by atoms with Crippen molar-refractivity contribution >= 4 is 34.4 Å². The molecule has 0 unspecified atom stereocenters. The molecule has 0 aliphatic carbocycles. The molecule has 0 saturated carbocycles. The maximum absolute atomic E-state index is 14.2. The Balaban J connectivity index is 1.69. The van der Waals surface area contributed by atoms with E-state index in [0.717, 1.165) is 22.4 Å². The number of amides is 1. The number of benzene rings is 3. The van der Waals surface area contributed by atoms with Crippen LogP contribution < -0.4 is 10.2 Å². The van der Waals surface area contributed by atoms with Gasteiger partial charge < -0.3 is 10.2 Å². The Morgan fingerprint density at radius 3 is 2.35 bits per heavy atom. The number of rotatable bonds is 3. The first kappa shape index (κ1) is 20.6. The highest BCUT2D eigenvalue weighted by Gasteiger charge is 2.70. The maximum atomic E-state index is 14.2. The summed E-state index contributed by atoms with van der Waals surface area (Å²) in [7, 11) is 0. The summed E-state index contributed by atoms with van der Waals surface area (Å²) in [6.45, 7) is 3.55. The Kier molecular flexibility index (Phi) is 4.40. The van der Waals surface area contributed by atoms with Crippen LogP contribution in [0, 0.1) is 5.92 Å². The van der Waals surface area contributed by atoms with Crippen LogP contribution in [-0.2, 0) is 15.0 Å². The van der Waals surface area contributed by atoms with E-state index >= 15 is 0 Å². The summed E-state index contributed by atoms with van der Waals surface area (Å²) in [4.78, 5) is 43.6. The van der Waals surface area contributed by atoms with Crippen molar-refractivity contribution in [3.63, 3.8) is 0 Å². The molecule has 0 bridgehead atoms. The standard InChI is InChI=1S/C29H24N2O3/c1-17-16-24-29(21-13-7-8-14-22(21)30-28(29)34)25(27(33)19-10-4-3-5-11-19)26(18(2)32)31(24)23-15-9-6-12-20(17)23/h3-16,24-26H,1-2H3,(H,30,34)/t24-,25-,26-,29-/m1/s1. The van der Waals surface area contributed by atoms with Crippen LogP contribution in [0.25, 0.3) is 5.57 Å². The van der Waals surface area contributed by atoms with Crippen LogP contribution in [0.2, 0.25) is 0 Å². The largest absolute Gasteiger partial charge is 0.352 e. The van der Waals surface area contributed by atoms with Gasteiger partial charge in [-0.25, -0.2) is 0 Å². The third-order valence-corrected chi connectivity index (χ3v) is 7.64. The number of nitrogens with zero attached hydrogens (tertiary/aromatic N) is 1. The van der Waals surface area contributed by atoms with Gasteiger partial charge in [0.15, 0.2) is 11.6 Å². The third-order valence-electron chi connectivity index (χ3n) is 7.64. The van der Waals surface area contributed by atoms with Gasteiger partial charge in [-0.2, -0.15) is 0 Å². The Labute approximate surface area is 198 Å². The number of nitrogens with one attached hydrogen (secondary N) is 1. The van der Waals surface area contributed by atoms with Crippen molar-refractivity contribution in [1.82, 2.24) is 0 Å². The molecule has 168 valence electrons. The first-order valence-electron chi connectivity index (χ1n) is 11.5. The molecule has 3 heterocycles. The number of carbonyl (C=O) groups excluding carboxylic acids is 3. The van der Waals surface area contributed by atoms with Gasteiger partial charge in [0.05, 0.1) is 18.0 Å². The predicted molar refractivity (Wildman–Crippen MR) is 132 cm³/mol. The number of carbonyl (C=O) groups is 3. The summed E-state index contributed by atoms with van der Waals surface area (Å²) in [5, 5.41) is 3.04. The maximum Gasteiger partial charge on any atom is 0.238 e. The predicted octanol–water partition coefficient (Wildman–Crippen LogP) is 4.64. The zero-order valence-corrected chi connectivity index (χ0v) is 19.0. The second-order valence-electron chi connectivity index (χ2n) is 9.35. The number of hydrogen-bond donors (Lipinski definition) is 1. The molecule has 3 aromatic carbocycles. The molecule has 3 aliphatic rings. The normalized spacial score (nSPS) is 26.4. The Hall–Kier alpha value is -3.99. The first-order valence-corrected chi connectivity index (χ1v) is 11.5. The lowest BCUT2D eigenvalue weighted by atomic mass is 9.64. The molecule has 0 radical (unpaired) electrons. The minimum absolute atomic E-state index is 0.129. The van der Waals surface area contributed by atoms with E-state index in [1.165, 1.54) is 6.92 Å². The zero-order valence-electron chi connectivity index (χ0n) is 19.0. The molecule has 6 rings (SSSR count). The van der Waals surface area contributed by atoms with E-state index in [4.69, 9.17) is 0 Å². The Morgan fingerprint density at radius 2 is 1.59 bits per heavy atom. The molecule has 5 nitrogen and oxygen atoms in total. The molecule has 1 fully saturated rings. The third kappa shape index (κ3) is 2.52. The summed E-state index contributed by atoms with van der Waals surface area (Å²) in [6.07, 6.45) is 2.07.